The summed E-state index contributed by atoms with van der Waals surface area (Å²) in [5.41, 5.74) is 1.26. The molecule has 0 heterocycles. The highest BCUT2D eigenvalue weighted by Crippen LogP contribution is 2.29. The summed E-state index contributed by atoms with van der Waals surface area (Å²) in [6, 6.07) is 5.14. The lowest BCUT2D eigenvalue weighted by Gasteiger charge is -2.31. The SMILES string of the molecule is CCNCC(Cc1cc(F)cc(Br)c1)C(C)(C)C. The monoisotopic (exact) mass is 315 g/mol. The Morgan fingerprint density at radius 3 is 2.44 bits per heavy atom. The minimum atomic E-state index is -0.171. The molecular weight excluding hydrogens is 293 g/mol. The van der Waals surface area contributed by atoms with E-state index in [1.165, 1.54) is 6.07 Å². The smallest absolute Gasteiger partial charge is 0.124 e. The summed E-state index contributed by atoms with van der Waals surface area (Å²) in [7, 11) is 0. The van der Waals surface area contributed by atoms with E-state index in [0.717, 1.165) is 29.5 Å². The Balaban J connectivity index is 2.82. The molecule has 1 nitrogen and oxygen atoms in total. The summed E-state index contributed by atoms with van der Waals surface area (Å²) >= 11 is 3.35. The summed E-state index contributed by atoms with van der Waals surface area (Å²) in [5, 5.41) is 3.40. The molecule has 1 aromatic carbocycles. The van der Waals surface area contributed by atoms with Crippen LogP contribution >= 0.6 is 15.9 Å². The molecule has 0 aliphatic rings. The van der Waals surface area contributed by atoms with Crippen LogP contribution in [0.25, 0.3) is 0 Å². The molecule has 1 unspecified atom stereocenters. The zero-order chi connectivity index (χ0) is 13.8. The first kappa shape index (κ1) is 15.6. The van der Waals surface area contributed by atoms with Crippen molar-refractivity contribution >= 4 is 15.9 Å². The van der Waals surface area contributed by atoms with Crippen LogP contribution in [0.3, 0.4) is 0 Å². The Hall–Kier alpha value is -0.410. The van der Waals surface area contributed by atoms with Crippen LogP contribution in [0.5, 0.6) is 0 Å². The fourth-order valence-corrected chi connectivity index (χ4v) is 2.53. The molecule has 3 heteroatoms. The molecule has 102 valence electrons. The van der Waals surface area contributed by atoms with E-state index < -0.39 is 0 Å². The van der Waals surface area contributed by atoms with Crippen LogP contribution in [0.2, 0.25) is 0 Å². The quantitative estimate of drug-likeness (QED) is 0.849. The first-order valence-corrected chi connectivity index (χ1v) is 7.28. The van der Waals surface area contributed by atoms with Gasteiger partial charge in [-0.3, -0.25) is 0 Å². The minimum Gasteiger partial charge on any atom is -0.317 e. The molecule has 1 N–H and O–H groups in total. The van der Waals surface area contributed by atoms with Crippen molar-refractivity contribution in [2.24, 2.45) is 11.3 Å². The topological polar surface area (TPSA) is 12.0 Å². The summed E-state index contributed by atoms with van der Waals surface area (Å²) in [6.45, 7) is 10.8. The highest BCUT2D eigenvalue weighted by molar-refractivity contribution is 9.10. The van der Waals surface area contributed by atoms with Crippen molar-refractivity contribution in [1.29, 1.82) is 0 Å². The number of halogens is 2. The molecule has 0 amide bonds. The molecule has 18 heavy (non-hydrogen) atoms. The van der Waals surface area contributed by atoms with Crippen LogP contribution < -0.4 is 5.32 Å². The van der Waals surface area contributed by atoms with E-state index in [9.17, 15) is 4.39 Å². The van der Waals surface area contributed by atoms with Crippen LogP contribution in [-0.2, 0) is 6.42 Å². The van der Waals surface area contributed by atoms with Crippen LogP contribution in [0.15, 0.2) is 22.7 Å². The maximum absolute atomic E-state index is 13.4. The van der Waals surface area contributed by atoms with E-state index in [2.05, 4.69) is 48.9 Å². The third-order valence-corrected chi connectivity index (χ3v) is 3.73. The normalized spacial score (nSPS) is 13.7. The highest BCUT2D eigenvalue weighted by atomic mass is 79.9. The zero-order valence-electron chi connectivity index (χ0n) is 11.7. The van der Waals surface area contributed by atoms with Crippen LogP contribution in [0.4, 0.5) is 4.39 Å². The second-order valence-electron chi connectivity index (χ2n) is 5.85. The van der Waals surface area contributed by atoms with Gasteiger partial charge < -0.3 is 5.32 Å². The fraction of sp³-hybridized carbons (Fsp3) is 0.600. The average molecular weight is 316 g/mol. The van der Waals surface area contributed by atoms with Gasteiger partial charge in [-0.15, -0.1) is 0 Å². The van der Waals surface area contributed by atoms with Crippen molar-refractivity contribution in [2.75, 3.05) is 13.1 Å². The van der Waals surface area contributed by atoms with Crippen molar-refractivity contribution in [1.82, 2.24) is 5.32 Å². The largest absolute Gasteiger partial charge is 0.317 e. The lowest BCUT2D eigenvalue weighted by Crippen LogP contribution is -2.33. The molecule has 0 spiro atoms. The van der Waals surface area contributed by atoms with Gasteiger partial charge in [0.25, 0.3) is 0 Å². The highest BCUT2D eigenvalue weighted by Gasteiger charge is 2.24. The summed E-state index contributed by atoms with van der Waals surface area (Å²) < 4.78 is 14.2. The standard InChI is InChI=1S/C15H23BrFN/c1-5-18-10-12(15(2,3)4)6-11-7-13(16)9-14(17)8-11/h7-9,12,18H,5-6,10H2,1-4H3. The summed E-state index contributed by atoms with van der Waals surface area (Å²) in [4.78, 5) is 0. The Bertz CT molecular complexity index is 364. The Labute approximate surface area is 118 Å². The van der Waals surface area contributed by atoms with Gasteiger partial charge in [0, 0.05) is 4.47 Å². The van der Waals surface area contributed by atoms with Crippen molar-refractivity contribution in [3.8, 4) is 0 Å². The molecule has 0 aromatic heterocycles. The Morgan fingerprint density at radius 1 is 1.28 bits per heavy atom. The third kappa shape index (κ3) is 5.07. The van der Waals surface area contributed by atoms with Gasteiger partial charge in [-0.2, -0.15) is 0 Å². The predicted octanol–water partition coefficient (Wildman–Crippen LogP) is 4.40. The lowest BCUT2D eigenvalue weighted by atomic mass is 9.77. The molecule has 1 rings (SSSR count). The number of hydrogen-bond donors (Lipinski definition) is 1. The number of nitrogens with one attached hydrogen (secondary N) is 1. The number of rotatable bonds is 5. The van der Waals surface area contributed by atoms with Gasteiger partial charge in [0.1, 0.15) is 5.82 Å². The summed E-state index contributed by atoms with van der Waals surface area (Å²) in [5.74, 6) is 0.321. The maximum Gasteiger partial charge on any atom is 0.124 e. The second-order valence-corrected chi connectivity index (χ2v) is 6.77. The van der Waals surface area contributed by atoms with Crippen molar-refractivity contribution in [3.63, 3.8) is 0 Å². The predicted molar refractivity (Wildman–Crippen MR) is 79.3 cm³/mol. The van der Waals surface area contributed by atoms with Gasteiger partial charge in [0.15, 0.2) is 0 Å². The van der Waals surface area contributed by atoms with Gasteiger partial charge in [0.05, 0.1) is 0 Å². The van der Waals surface area contributed by atoms with Gasteiger partial charge in [-0.1, -0.05) is 43.6 Å². The molecule has 1 aromatic rings. The molecule has 0 bridgehead atoms. The van der Waals surface area contributed by atoms with Crippen LogP contribution in [-0.4, -0.2) is 13.1 Å². The second kappa shape index (κ2) is 6.67. The van der Waals surface area contributed by atoms with Crippen molar-refractivity contribution in [3.05, 3.63) is 34.1 Å². The van der Waals surface area contributed by atoms with E-state index in [1.807, 2.05) is 6.07 Å². The Kier molecular flexibility index (Phi) is 5.80. The molecule has 0 saturated heterocycles. The Morgan fingerprint density at radius 2 is 1.94 bits per heavy atom. The third-order valence-electron chi connectivity index (χ3n) is 3.27. The maximum atomic E-state index is 13.4. The van der Waals surface area contributed by atoms with Crippen LogP contribution in [0.1, 0.15) is 33.3 Å². The minimum absolute atomic E-state index is 0.171. The molecule has 0 fully saturated rings. The van der Waals surface area contributed by atoms with Crippen molar-refractivity contribution in [2.45, 2.75) is 34.1 Å². The first-order valence-electron chi connectivity index (χ1n) is 6.48. The van der Waals surface area contributed by atoms with Gasteiger partial charge in [-0.05, 0) is 54.6 Å². The van der Waals surface area contributed by atoms with E-state index in [0.29, 0.717) is 5.92 Å². The van der Waals surface area contributed by atoms with Crippen molar-refractivity contribution < 1.29 is 4.39 Å². The van der Waals surface area contributed by atoms with E-state index in [1.54, 1.807) is 6.07 Å². The molecule has 0 radical (unpaired) electrons. The fourth-order valence-electron chi connectivity index (χ4n) is 2.02. The first-order chi connectivity index (χ1) is 8.32. The van der Waals surface area contributed by atoms with Gasteiger partial charge >= 0.3 is 0 Å². The molecule has 0 saturated carbocycles. The molecule has 0 aliphatic heterocycles. The number of benzene rings is 1. The average Bonchev–Trinajstić information content (AvgIpc) is 2.21. The molecular formula is C15H23BrFN. The zero-order valence-corrected chi connectivity index (χ0v) is 13.3. The number of hydrogen-bond acceptors (Lipinski definition) is 1. The van der Waals surface area contributed by atoms with E-state index >= 15 is 0 Å². The van der Waals surface area contributed by atoms with E-state index in [-0.39, 0.29) is 11.2 Å². The van der Waals surface area contributed by atoms with E-state index in [4.69, 9.17) is 0 Å². The van der Waals surface area contributed by atoms with Crippen LogP contribution in [0, 0.1) is 17.2 Å². The van der Waals surface area contributed by atoms with Gasteiger partial charge in [-0.25, -0.2) is 4.39 Å². The van der Waals surface area contributed by atoms with Gasteiger partial charge in [0.2, 0.25) is 0 Å². The summed E-state index contributed by atoms with van der Waals surface area (Å²) in [6.07, 6.45) is 0.896. The lowest BCUT2D eigenvalue weighted by molar-refractivity contribution is 0.232. The molecule has 0 aliphatic carbocycles. The molecule has 1 atom stereocenters.